The molecule has 53 heavy (non-hydrogen) atoms. The van der Waals surface area contributed by atoms with Gasteiger partial charge in [0.25, 0.3) is 0 Å². The predicted molar refractivity (Wildman–Crippen MR) is 186 cm³/mol. The average molecular weight is 763 g/mol. The Morgan fingerprint density at radius 2 is 0.868 bits per heavy atom. The van der Waals surface area contributed by atoms with E-state index in [4.69, 9.17) is 4.84 Å². The maximum absolute atomic E-state index is 16.5. The van der Waals surface area contributed by atoms with Gasteiger partial charge in [0.2, 0.25) is 0 Å². The minimum Gasteiger partial charge on any atom is -0.291 e. The van der Waals surface area contributed by atoms with E-state index in [2.05, 4.69) is 0 Å². The fourth-order valence-corrected chi connectivity index (χ4v) is 14.5. The minimum absolute atomic E-state index is 0.295. The number of hydrogen-bond donors (Lipinski definition) is 0. The highest BCUT2D eigenvalue weighted by Crippen LogP contribution is 2.58. The first-order valence-electron chi connectivity index (χ1n) is 16.6. The van der Waals surface area contributed by atoms with Crippen LogP contribution in [0.5, 0.6) is 0 Å². The van der Waals surface area contributed by atoms with Crippen molar-refractivity contribution >= 4 is 34.9 Å². The van der Waals surface area contributed by atoms with Crippen LogP contribution in [0.15, 0.2) is 54.6 Å². The van der Waals surface area contributed by atoms with Gasteiger partial charge in [-0.15, -0.1) is 0 Å². The van der Waals surface area contributed by atoms with Crippen molar-refractivity contribution in [1.82, 2.24) is 0 Å². The van der Waals surface area contributed by atoms with Crippen molar-refractivity contribution in [2.75, 3.05) is 6.16 Å². The zero-order valence-electron chi connectivity index (χ0n) is 29.5. The number of halogens is 10. The van der Waals surface area contributed by atoms with E-state index < -0.39 is 95.4 Å². The fourth-order valence-electron chi connectivity index (χ4n) is 8.64. The Balaban J connectivity index is 2.00. The Hall–Kier alpha value is -4.35. The van der Waals surface area contributed by atoms with Gasteiger partial charge in [-0.05, 0) is 69.4 Å². The van der Waals surface area contributed by atoms with Crippen molar-refractivity contribution in [3.05, 3.63) is 152 Å². The van der Waals surface area contributed by atoms with Crippen LogP contribution in [0, 0.1) is 99.7 Å². The average Bonchev–Trinajstić information content (AvgIpc) is 3.41. The van der Waals surface area contributed by atoms with E-state index in [1.807, 2.05) is 13.8 Å². The van der Waals surface area contributed by atoms with Crippen LogP contribution in [0.3, 0.4) is 0 Å². The van der Waals surface area contributed by atoms with Gasteiger partial charge in [0, 0.05) is 16.8 Å². The molecule has 0 aliphatic carbocycles. The summed E-state index contributed by atoms with van der Waals surface area (Å²) in [6, 6.07) is 15.3. The summed E-state index contributed by atoms with van der Waals surface area (Å²) in [6.45, 7) is 10.1. The second kappa shape index (κ2) is 13.8. The van der Waals surface area contributed by atoms with Crippen LogP contribution < -0.4 is 21.5 Å². The van der Waals surface area contributed by atoms with Crippen molar-refractivity contribution in [2.24, 2.45) is 0 Å². The maximum Gasteiger partial charge on any atom is 0.374 e. The van der Waals surface area contributed by atoms with Crippen LogP contribution in [0.4, 0.5) is 43.9 Å². The minimum atomic E-state index is -4.44. The molecule has 5 aromatic carbocycles. The third-order valence-corrected chi connectivity index (χ3v) is 15.2. The van der Waals surface area contributed by atoms with Crippen LogP contribution in [0.25, 0.3) is 0 Å². The molecule has 14 heteroatoms. The molecule has 0 radical (unpaired) electrons. The van der Waals surface area contributed by atoms with Gasteiger partial charge < -0.3 is 0 Å². The largest absolute Gasteiger partial charge is 0.374 e. The van der Waals surface area contributed by atoms with E-state index in [9.17, 15) is 8.78 Å². The molecule has 1 heterocycles. The standard InChI is InChI=1S/C39H33BF10NOP/c1-19-14-21(3)38(22(4)15-19)53(39-23(5)16-20(2)17-24(39)6)13-12-40(51(53)52-18-25-10-8-7-9-11-25,26-28(41)32(45)36(49)33(46)29(26)42)27-30(43)34(47)37(50)35(48)31(27)44/h7-11,14-17H,12-13,18H2,1-6H3. The summed E-state index contributed by atoms with van der Waals surface area (Å²) >= 11 is 0. The zero-order valence-corrected chi connectivity index (χ0v) is 30.4. The molecule has 0 saturated carbocycles. The van der Waals surface area contributed by atoms with Gasteiger partial charge in [-0.3, -0.25) is 4.40 Å². The van der Waals surface area contributed by atoms with Crippen LogP contribution in [0.2, 0.25) is 6.32 Å². The Labute approximate surface area is 300 Å². The first-order valence-corrected chi connectivity index (χ1v) is 18.6. The SMILES string of the molecule is Cc1cc(C)c(P2(c3c(C)cc(C)cc3C)=[N+](OCc3ccccc3)[B-](c3c(F)c(F)c(F)c(F)c3F)(c3c(F)c(F)c(F)c(F)c3F)CC2)c(C)c1. The van der Waals surface area contributed by atoms with Crippen molar-refractivity contribution < 1.29 is 53.1 Å². The van der Waals surface area contributed by atoms with E-state index in [1.54, 1.807) is 82.3 Å². The number of nitrogens with zero attached hydrogens (tertiary/aromatic N) is 1. The topological polar surface area (TPSA) is 12.2 Å². The highest BCUT2D eigenvalue weighted by Gasteiger charge is 2.62. The lowest BCUT2D eigenvalue weighted by atomic mass is 9.26. The molecule has 1 aliphatic heterocycles. The number of benzene rings is 5. The van der Waals surface area contributed by atoms with Crippen molar-refractivity contribution in [2.45, 2.75) is 54.5 Å². The number of aryl methyl sites for hydroxylation is 6. The van der Waals surface area contributed by atoms with E-state index in [1.165, 1.54) is 0 Å². The number of hydrogen-bond acceptors (Lipinski definition) is 1. The normalized spacial score (nSPS) is 15.1. The molecular weight excluding hydrogens is 730 g/mol. The molecule has 5 aromatic rings. The summed E-state index contributed by atoms with van der Waals surface area (Å²) in [4.78, 5) is 6.53. The molecule has 0 spiro atoms. The molecule has 0 aromatic heterocycles. The Morgan fingerprint density at radius 3 is 1.23 bits per heavy atom. The fraction of sp³-hybridized carbons (Fsp3) is 0.231. The van der Waals surface area contributed by atoms with E-state index >= 15 is 35.1 Å². The molecule has 0 amide bonds. The smallest absolute Gasteiger partial charge is 0.291 e. The lowest BCUT2D eigenvalue weighted by Crippen LogP contribution is -2.69. The molecule has 0 unspecified atom stereocenters. The zero-order chi connectivity index (χ0) is 38.9. The van der Waals surface area contributed by atoms with Crippen molar-refractivity contribution in [3.63, 3.8) is 0 Å². The quantitative estimate of drug-likeness (QED) is 0.0531. The lowest BCUT2D eigenvalue weighted by Gasteiger charge is -2.37. The second-order valence-corrected chi connectivity index (χ2v) is 17.1. The number of rotatable bonds is 7. The monoisotopic (exact) mass is 763 g/mol. The summed E-state index contributed by atoms with van der Waals surface area (Å²) in [6.07, 6.45) is -5.58. The molecule has 278 valence electrons. The molecule has 0 fully saturated rings. The summed E-state index contributed by atoms with van der Waals surface area (Å²) in [5, 5.41) is 0.977. The highest BCUT2D eigenvalue weighted by atomic mass is 31.2. The molecule has 0 bridgehead atoms. The van der Waals surface area contributed by atoms with Gasteiger partial charge in [-0.2, -0.15) is 4.84 Å². The maximum atomic E-state index is 16.5. The highest BCUT2D eigenvalue weighted by molar-refractivity contribution is 7.80. The molecule has 2 nitrogen and oxygen atoms in total. The Kier molecular flexibility index (Phi) is 10.0. The van der Waals surface area contributed by atoms with Crippen LogP contribution in [-0.2, 0) is 11.4 Å². The summed E-state index contributed by atoms with van der Waals surface area (Å²) < 4.78 is 157. The summed E-state index contributed by atoms with van der Waals surface area (Å²) in [7, 11) is -3.81. The van der Waals surface area contributed by atoms with Crippen molar-refractivity contribution in [1.29, 1.82) is 0 Å². The molecule has 0 saturated heterocycles. The Bertz CT molecular complexity index is 2160. The molecule has 1 aliphatic rings. The van der Waals surface area contributed by atoms with Crippen LogP contribution in [-0.4, -0.2) is 16.8 Å². The summed E-state index contributed by atoms with van der Waals surface area (Å²) in [5.41, 5.74) is 0.836. The van der Waals surface area contributed by atoms with Gasteiger partial charge in [-0.1, -0.05) is 83.0 Å². The third-order valence-electron chi connectivity index (χ3n) is 10.2. The summed E-state index contributed by atoms with van der Waals surface area (Å²) in [5.74, 6) is -25.0. The van der Waals surface area contributed by atoms with E-state index in [-0.39, 0.29) is 6.16 Å². The molecule has 0 atom stereocenters. The van der Waals surface area contributed by atoms with Crippen LogP contribution >= 0.6 is 7.05 Å². The molecule has 0 N–H and O–H groups in total. The van der Waals surface area contributed by atoms with E-state index in [0.29, 0.717) is 38.4 Å². The van der Waals surface area contributed by atoms with Crippen LogP contribution in [0.1, 0.15) is 38.9 Å². The first-order chi connectivity index (χ1) is 24.9. The van der Waals surface area contributed by atoms with Crippen molar-refractivity contribution in [3.8, 4) is 0 Å². The van der Waals surface area contributed by atoms with Gasteiger partial charge >= 0.3 is 6.28 Å². The predicted octanol–water partition coefficient (Wildman–Crippen LogP) is 9.00. The second-order valence-electron chi connectivity index (χ2n) is 13.8. The van der Waals surface area contributed by atoms with Gasteiger partial charge in [0.1, 0.15) is 36.9 Å². The molecular formula is C39H33BF10NOP. The van der Waals surface area contributed by atoms with Gasteiger partial charge in [0.15, 0.2) is 34.9 Å². The third kappa shape index (κ3) is 5.73. The van der Waals surface area contributed by atoms with Gasteiger partial charge in [0.05, 0.1) is 0 Å². The lowest BCUT2D eigenvalue weighted by molar-refractivity contribution is -0.686. The Morgan fingerprint density at radius 1 is 0.528 bits per heavy atom. The van der Waals surface area contributed by atoms with Gasteiger partial charge in [-0.25, -0.2) is 43.9 Å². The molecule has 6 rings (SSSR count). The first kappa shape index (κ1) is 38.4. The van der Waals surface area contributed by atoms with E-state index in [0.717, 1.165) is 15.5 Å².